The van der Waals surface area contributed by atoms with Crippen molar-refractivity contribution in [2.75, 3.05) is 13.2 Å². The van der Waals surface area contributed by atoms with Crippen molar-refractivity contribution < 1.29 is 13.9 Å². The van der Waals surface area contributed by atoms with Crippen LogP contribution in [0.1, 0.15) is 25.8 Å². The second-order valence-electron chi connectivity index (χ2n) is 5.06. The number of hydrogen-bond donors (Lipinski definition) is 2. The van der Waals surface area contributed by atoms with Crippen molar-refractivity contribution in [3.63, 3.8) is 0 Å². The molecule has 0 aromatic heterocycles. The number of aliphatic hydroxyl groups is 1. The Balaban J connectivity index is 2.62. The van der Waals surface area contributed by atoms with E-state index >= 15 is 0 Å². The SMILES string of the molecule is CC(C)(CCO)CNCc1c(F)ccc(Br)c1F. The van der Waals surface area contributed by atoms with Crippen molar-refractivity contribution in [3.05, 3.63) is 33.8 Å². The largest absolute Gasteiger partial charge is 0.396 e. The second kappa shape index (κ2) is 6.59. The van der Waals surface area contributed by atoms with Crippen LogP contribution in [0.4, 0.5) is 8.78 Å². The number of benzene rings is 1. The van der Waals surface area contributed by atoms with Gasteiger partial charge in [-0.2, -0.15) is 0 Å². The van der Waals surface area contributed by atoms with Gasteiger partial charge in [0.05, 0.1) is 4.47 Å². The zero-order valence-electron chi connectivity index (χ0n) is 10.6. The molecule has 1 aromatic rings. The molecule has 0 saturated carbocycles. The smallest absolute Gasteiger partial charge is 0.144 e. The minimum Gasteiger partial charge on any atom is -0.396 e. The van der Waals surface area contributed by atoms with Crippen molar-refractivity contribution in [2.45, 2.75) is 26.8 Å². The number of nitrogens with one attached hydrogen (secondary N) is 1. The molecule has 0 aliphatic rings. The van der Waals surface area contributed by atoms with Crippen LogP contribution in [-0.2, 0) is 6.54 Å². The Bertz CT molecular complexity index is 410. The summed E-state index contributed by atoms with van der Waals surface area (Å²) < 4.78 is 27.4. The summed E-state index contributed by atoms with van der Waals surface area (Å²) in [5.41, 5.74) is -0.0718. The van der Waals surface area contributed by atoms with Crippen LogP contribution in [-0.4, -0.2) is 18.3 Å². The molecule has 0 heterocycles. The van der Waals surface area contributed by atoms with E-state index in [9.17, 15) is 8.78 Å². The predicted octanol–water partition coefficient (Wildman–Crippen LogP) is 3.23. The van der Waals surface area contributed by atoms with Gasteiger partial charge >= 0.3 is 0 Å². The van der Waals surface area contributed by atoms with Crippen LogP contribution in [0.3, 0.4) is 0 Å². The highest BCUT2D eigenvalue weighted by Crippen LogP contribution is 2.22. The molecule has 102 valence electrons. The second-order valence-corrected chi connectivity index (χ2v) is 5.92. The zero-order chi connectivity index (χ0) is 13.8. The van der Waals surface area contributed by atoms with Crippen LogP contribution in [0.5, 0.6) is 0 Å². The zero-order valence-corrected chi connectivity index (χ0v) is 12.2. The number of aliphatic hydroxyl groups excluding tert-OH is 1. The highest BCUT2D eigenvalue weighted by atomic mass is 79.9. The Morgan fingerprint density at radius 2 is 2.00 bits per heavy atom. The molecule has 2 nitrogen and oxygen atoms in total. The fourth-order valence-electron chi connectivity index (χ4n) is 1.65. The van der Waals surface area contributed by atoms with E-state index in [0.29, 0.717) is 13.0 Å². The molecule has 18 heavy (non-hydrogen) atoms. The van der Waals surface area contributed by atoms with E-state index in [-0.39, 0.29) is 28.6 Å². The minimum atomic E-state index is -0.567. The molecule has 1 rings (SSSR count). The number of hydrogen-bond acceptors (Lipinski definition) is 2. The van der Waals surface area contributed by atoms with Crippen LogP contribution < -0.4 is 5.32 Å². The first kappa shape index (κ1) is 15.5. The van der Waals surface area contributed by atoms with Gasteiger partial charge in [-0.05, 0) is 39.9 Å². The van der Waals surface area contributed by atoms with E-state index in [2.05, 4.69) is 21.2 Å². The Hall–Kier alpha value is -0.520. The summed E-state index contributed by atoms with van der Waals surface area (Å²) in [6.45, 7) is 4.80. The van der Waals surface area contributed by atoms with Gasteiger partial charge in [-0.3, -0.25) is 0 Å². The first-order valence-corrected chi connectivity index (χ1v) is 6.60. The van der Waals surface area contributed by atoms with Gasteiger partial charge in [0.1, 0.15) is 11.6 Å². The summed E-state index contributed by atoms with van der Waals surface area (Å²) in [6, 6.07) is 2.59. The van der Waals surface area contributed by atoms with Gasteiger partial charge in [-0.25, -0.2) is 8.78 Å². The summed E-state index contributed by atoms with van der Waals surface area (Å²) in [5.74, 6) is -1.12. The van der Waals surface area contributed by atoms with Gasteiger partial charge in [0.2, 0.25) is 0 Å². The first-order valence-electron chi connectivity index (χ1n) is 5.81. The van der Waals surface area contributed by atoms with Crippen molar-refractivity contribution in [3.8, 4) is 0 Å². The normalized spacial score (nSPS) is 11.9. The summed E-state index contributed by atoms with van der Waals surface area (Å²) in [7, 11) is 0. The minimum absolute atomic E-state index is 0.0316. The van der Waals surface area contributed by atoms with Crippen molar-refractivity contribution >= 4 is 15.9 Å². The molecule has 5 heteroatoms. The molecule has 0 spiro atoms. The van der Waals surface area contributed by atoms with E-state index in [4.69, 9.17) is 5.11 Å². The molecule has 0 bridgehead atoms. The van der Waals surface area contributed by atoms with Gasteiger partial charge in [0, 0.05) is 25.3 Å². The van der Waals surface area contributed by atoms with E-state index in [0.717, 1.165) is 0 Å². The van der Waals surface area contributed by atoms with Crippen LogP contribution in [0.2, 0.25) is 0 Å². The first-order chi connectivity index (χ1) is 8.37. The molecule has 1 aromatic carbocycles. The Morgan fingerprint density at radius 1 is 1.33 bits per heavy atom. The topological polar surface area (TPSA) is 32.3 Å². The van der Waals surface area contributed by atoms with E-state index < -0.39 is 11.6 Å². The molecule has 0 amide bonds. The van der Waals surface area contributed by atoms with Gasteiger partial charge < -0.3 is 10.4 Å². The lowest BCUT2D eigenvalue weighted by atomic mass is 9.90. The quantitative estimate of drug-likeness (QED) is 0.788. The highest BCUT2D eigenvalue weighted by Gasteiger charge is 2.18. The molecule has 0 fully saturated rings. The summed E-state index contributed by atoms with van der Waals surface area (Å²) >= 11 is 3.03. The Labute approximate surface area is 115 Å². The average molecular weight is 322 g/mol. The molecule has 2 N–H and O–H groups in total. The van der Waals surface area contributed by atoms with Crippen LogP contribution >= 0.6 is 15.9 Å². The maximum Gasteiger partial charge on any atom is 0.144 e. The van der Waals surface area contributed by atoms with Crippen LogP contribution in [0.15, 0.2) is 16.6 Å². The third-order valence-corrected chi connectivity index (χ3v) is 3.45. The van der Waals surface area contributed by atoms with Crippen molar-refractivity contribution in [2.24, 2.45) is 5.41 Å². The predicted molar refractivity (Wildman–Crippen MR) is 71.2 cm³/mol. The number of rotatable bonds is 6. The molecule has 0 atom stereocenters. The lowest BCUT2D eigenvalue weighted by molar-refractivity contribution is 0.206. The maximum atomic E-state index is 13.7. The van der Waals surface area contributed by atoms with Gasteiger partial charge in [0.15, 0.2) is 0 Å². The fourth-order valence-corrected chi connectivity index (χ4v) is 2.02. The maximum absolute atomic E-state index is 13.7. The van der Waals surface area contributed by atoms with E-state index in [1.54, 1.807) is 0 Å². The lowest BCUT2D eigenvalue weighted by Gasteiger charge is -2.24. The third-order valence-electron chi connectivity index (χ3n) is 2.83. The van der Waals surface area contributed by atoms with Crippen LogP contribution in [0, 0.1) is 17.0 Å². The fraction of sp³-hybridized carbons (Fsp3) is 0.538. The molecule has 0 saturated heterocycles. The van der Waals surface area contributed by atoms with Gasteiger partial charge in [-0.1, -0.05) is 13.8 Å². The van der Waals surface area contributed by atoms with Crippen molar-refractivity contribution in [1.29, 1.82) is 0 Å². The molecule has 0 aliphatic carbocycles. The monoisotopic (exact) mass is 321 g/mol. The molecular weight excluding hydrogens is 304 g/mol. The molecule has 0 aliphatic heterocycles. The van der Waals surface area contributed by atoms with Gasteiger partial charge in [0.25, 0.3) is 0 Å². The summed E-state index contributed by atoms with van der Waals surface area (Å²) in [5, 5.41) is 11.9. The average Bonchev–Trinajstić information content (AvgIpc) is 2.28. The van der Waals surface area contributed by atoms with Crippen LogP contribution in [0.25, 0.3) is 0 Å². The standard InChI is InChI=1S/C13H18BrF2NO/c1-13(2,5-6-18)8-17-7-9-11(15)4-3-10(14)12(9)16/h3-4,17-18H,5-8H2,1-2H3. The number of halogens is 3. The van der Waals surface area contributed by atoms with Crippen molar-refractivity contribution in [1.82, 2.24) is 5.32 Å². The molecule has 0 unspecified atom stereocenters. The molecular formula is C13H18BrF2NO. The third kappa shape index (κ3) is 4.30. The molecule has 0 radical (unpaired) electrons. The van der Waals surface area contributed by atoms with E-state index in [1.807, 2.05) is 13.8 Å². The highest BCUT2D eigenvalue weighted by molar-refractivity contribution is 9.10. The Kier molecular flexibility index (Phi) is 5.69. The van der Waals surface area contributed by atoms with E-state index in [1.165, 1.54) is 12.1 Å². The summed E-state index contributed by atoms with van der Waals surface area (Å²) in [6.07, 6.45) is 0.642. The van der Waals surface area contributed by atoms with Gasteiger partial charge in [-0.15, -0.1) is 0 Å². The Morgan fingerprint density at radius 3 is 2.61 bits per heavy atom. The summed E-state index contributed by atoms with van der Waals surface area (Å²) in [4.78, 5) is 0. The lowest BCUT2D eigenvalue weighted by Crippen LogP contribution is -2.30.